The zero-order valence-electron chi connectivity index (χ0n) is 12.7. The third-order valence-corrected chi connectivity index (χ3v) is 3.62. The highest BCUT2D eigenvalue weighted by Gasteiger charge is 2.14. The summed E-state index contributed by atoms with van der Waals surface area (Å²) in [6, 6.07) is 11.2. The second-order valence-corrected chi connectivity index (χ2v) is 5.43. The molecule has 2 aromatic rings. The molecule has 0 fully saturated rings. The van der Waals surface area contributed by atoms with Crippen molar-refractivity contribution >= 4 is 0 Å². The monoisotopic (exact) mass is 268 g/mol. The summed E-state index contributed by atoms with van der Waals surface area (Å²) >= 11 is 0. The third kappa shape index (κ3) is 3.91. The van der Waals surface area contributed by atoms with Crippen LogP contribution in [-0.4, -0.2) is 11.5 Å². The van der Waals surface area contributed by atoms with Crippen molar-refractivity contribution in [3.63, 3.8) is 0 Å². The Balaban J connectivity index is 2.22. The summed E-state index contributed by atoms with van der Waals surface area (Å²) in [7, 11) is 0. The van der Waals surface area contributed by atoms with Crippen LogP contribution in [0.3, 0.4) is 0 Å². The Bertz CT molecular complexity index is 549. The molecule has 1 heterocycles. The zero-order chi connectivity index (χ0) is 14.4. The van der Waals surface area contributed by atoms with Crippen LogP contribution in [0.5, 0.6) is 0 Å². The second kappa shape index (κ2) is 7.20. The van der Waals surface area contributed by atoms with Crippen LogP contribution in [0.4, 0.5) is 0 Å². The molecular formula is C18H24N2. The lowest BCUT2D eigenvalue weighted by Crippen LogP contribution is -2.25. The summed E-state index contributed by atoms with van der Waals surface area (Å²) in [5, 5.41) is 3.65. The van der Waals surface area contributed by atoms with Crippen molar-refractivity contribution in [2.75, 3.05) is 6.54 Å². The van der Waals surface area contributed by atoms with Crippen LogP contribution < -0.4 is 5.32 Å². The molecule has 20 heavy (non-hydrogen) atoms. The van der Waals surface area contributed by atoms with E-state index in [2.05, 4.69) is 61.4 Å². The Labute approximate surface area is 122 Å². The Kier molecular flexibility index (Phi) is 5.31. The standard InChI is InChI=1S/C18H24N2/c1-4-9-20-18(17-13-19-10-8-15(17)3)12-16-7-5-6-14(2)11-16/h5-8,10-11,13,18,20H,4,9,12H2,1-3H3. The Morgan fingerprint density at radius 2 is 2.05 bits per heavy atom. The van der Waals surface area contributed by atoms with E-state index in [0.717, 1.165) is 19.4 Å². The van der Waals surface area contributed by atoms with Gasteiger partial charge >= 0.3 is 0 Å². The largest absolute Gasteiger partial charge is 0.310 e. The van der Waals surface area contributed by atoms with Crippen LogP contribution in [0.25, 0.3) is 0 Å². The van der Waals surface area contributed by atoms with Crippen molar-refractivity contribution in [1.82, 2.24) is 10.3 Å². The minimum atomic E-state index is 0.338. The van der Waals surface area contributed by atoms with E-state index in [0.29, 0.717) is 6.04 Å². The normalized spacial score (nSPS) is 12.3. The predicted molar refractivity (Wildman–Crippen MR) is 84.9 cm³/mol. The van der Waals surface area contributed by atoms with Crippen molar-refractivity contribution in [1.29, 1.82) is 0 Å². The van der Waals surface area contributed by atoms with Gasteiger partial charge in [-0.3, -0.25) is 4.98 Å². The molecule has 1 atom stereocenters. The summed E-state index contributed by atoms with van der Waals surface area (Å²) in [6.45, 7) is 7.54. The average molecular weight is 268 g/mol. The van der Waals surface area contributed by atoms with Gasteiger partial charge in [-0.2, -0.15) is 0 Å². The molecule has 1 N–H and O–H groups in total. The number of aryl methyl sites for hydroxylation is 2. The lowest BCUT2D eigenvalue weighted by Gasteiger charge is -2.21. The molecule has 1 unspecified atom stereocenters. The molecule has 0 saturated heterocycles. The first-order chi connectivity index (χ1) is 9.70. The fraction of sp³-hybridized carbons (Fsp3) is 0.389. The summed E-state index contributed by atoms with van der Waals surface area (Å²) in [4.78, 5) is 4.29. The smallest absolute Gasteiger partial charge is 0.0378 e. The molecule has 0 bridgehead atoms. The molecule has 0 amide bonds. The van der Waals surface area contributed by atoms with Gasteiger partial charge in [-0.15, -0.1) is 0 Å². The fourth-order valence-electron chi connectivity index (χ4n) is 2.53. The Hall–Kier alpha value is -1.67. The minimum absolute atomic E-state index is 0.338. The van der Waals surface area contributed by atoms with Gasteiger partial charge < -0.3 is 5.32 Å². The first kappa shape index (κ1) is 14.7. The van der Waals surface area contributed by atoms with Crippen molar-refractivity contribution in [2.24, 2.45) is 0 Å². The molecule has 0 spiro atoms. The van der Waals surface area contributed by atoms with E-state index >= 15 is 0 Å². The van der Waals surface area contributed by atoms with Gasteiger partial charge in [0.2, 0.25) is 0 Å². The molecule has 0 saturated carbocycles. The van der Waals surface area contributed by atoms with Crippen molar-refractivity contribution in [3.8, 4) is 0 Å². The number of benzene rings is 1. The summed E-state index contributed by atoms with van der Waals surface area (Å²) in [5.41, 5.74) is 5.31. The van der Waals surface area contributed by atoms with Gasteiger partial charge in [0.25, 0.3) is 0 Å². The molecule has 0 aliphatic heterocycles. The lowest BCUT2D eigenvalue weighted by atomic mass is 9.96. The molecule has 0 radical (unpaired) electrons. The van der Waals surface area contributed by atoms with Gasteiger partial charge in [-0.1, -0.05) is 36.8 Å². The van der Waals surface area contributed by atoms with Gasteiger partial charge in [-0.05, 0) is 56.0 Å². The Morgan fingerprint density at radius 1 is 1.20 bits per heavy atom. The molecule has 2 heteroatoms. The number of aromatic nitrogens is 1. The molecule has 0 aliphatic rings. The zero-order valence-corrected chi connectivity index (χ0v) is 12.7. The van der Waals surface area contributed by atoms with Crippen molar-refractivity contribution in [2.45, 2.75) is 39.7 Å². The highest BCUT2D eigenvalue weighted by Crippen LogP contribution is 2.21. The summed E-state index contributed by atoms with van der Waals surface area (Å²) in [6.07, 6.45) is 6.01. The number of hydrogen-bond donors (Lipinski definition) is 1. The molecule has 2 rings (SSSR count). The van der Waals surface area contributed by atoms with E-state index in [1.54, 1.807) is 0 Å². The first-order valence-corrected chi connectivity index (χ1v) is 7.40. The molecule has 0 aliphatic carbocycles. The number of rotatable bonds is 6. The van der Waals surface area contributed by atoms with Crippen LogP contribution in [0.1, 0.15) is 41.6 Å². The SMILES string of the molecule is CCCNC(Cc1cccc(C)c1)c1cnccc1C. The van der Waals surface area contributed by atoms with Crippen LogP contribution in [0.2, 0.25) is 0 Å². The lowest BCUT2D eigenvalue weighted by molar-refractivity contribution is 0.525. The first-order valence-electron chi connectivity index (χ1n) is 7.40. The second-order valence-electron chi connectivity index (χ2n) is 5.43. The quantitative estimate of drug-likeness (QED) is 0.857. The van der Waals surface area contributed by atoms with E-state index < -0.39 is 0 Å². The average Bonchev–Trinajstić information content (AvgIpc) is 2.44. The minimum Gasteiger partial charge on any atom is -0.310 e. The van der Waals surface area contributed by atoms with Gasteiger partial charge in [0.05, 0.1) is 0 Å². The summed E-state index contributed by atoms with van der Waals surface area (Å²) < 4.78 is 0. The number of nitrogens with one attached hydrogen (secondary N) is 1. The van der Waals surface area contributed by atoms with Crippen LogP contribution in [0.15, 0.2) is 42.7 Å². The van der Waals surface area contributed by atoms with E-state index in [-0.39, 0.29) is 0 Å². The topological polar surface area (TPSA) is 24.9 Å². The number of hydrogen-bond acceptors (Lipinski definition) is 2. The van der Waals surface area contributed by atoms with Gasteiger partial charge in [0.15, 0.2) is 0 Å². The van der Waals surface area contributed by atoms with Gasteiger partial charge in [0, 0.05) is 18.4 Å². The van der Waals surface area contributed by atoms with E-state index in [9.17, 15) is 0 Å². The maximum atomic E-state index is 4.29. The maximum Gasteiger partial charge on any atom is 0.0378 e. The molecule has 1 aromatic heterocycles. The van der Waals surface area contributed by atoms with E-state index in [1.807, 2.05) is 12.4 Å². The van der Waals surface area contributed by atoms with Crippen LogP contribution >= 0.6 is 0 Å². The number of pyridine rings is 1. The molecule has 2 nitrogen and oxygen atoms in total. The molecule has 1 aromatic carbocycles. The van der Waals surface area contributed by atoms with Gasteiger partial charge in [-0.25, -0.2) is 0 Å². The van der Waals surface area contributed by atoms with Crippen LogP contribution in [-0.2, 0) is 6.42 Å². The third-order valence-electron chi connectivity index (χ3n) is 3.62. The maximum absolute atomic E-state index is 4.29. The van der Waals surface area contributed by atoms with Crippen molar-refractivity contribution in [3.05, 3.63) is 65.0 Å². The van der Waals surface area contributed by atoms with Gasteiger partial charge in [0.1, 0.15) is 0 Å². The van der Waals surface area contributed by atoms with Crippen molar-refractivity contribution < 1.29 is 0 Å². The summed E-state index contributed by atoms with van der Waals surface area (Å²) in [5.74, 6) is 0. The molecular weight excluding hydrogens is 244 g/mol. The predicted octanol–water partition coefficient (Wildman–Crippen LogP) is 3.98. The fourth-order valence-corrected chi connectivity index (χ4v) is 2.53. The number of nitrogens with zero attached hydrogens (tertiary/aromatic N) is 1. The Morgan fingerprint density at radius 3 is 2.75 bits per heavy atom. The van der Waals surface area contributed by atoms with E-state index in [4.69, 9.17) is 0 Å². The highest BCUT2D eigenvalue weighted by molar-refractivity contribution is 5.29. The van der Waals surface area contributed by atoms with E-state index in [1.165, 1.54) is 22.3 Å². The highest BCUT2D eigenvalue weighted by atomic mass is 14.9. The van der Waals surface area contributed by atoms with Crippen LogP contribution in [0, 0.1) is 13.8 Å². The molecule has 106 valence electrons.